The van der Waals surface area contributed by atoms with Crippen molar-refractivity contribution in [1.82, 2.24) is 15.2 Å². The number of likely N-dealkylation sites (tertiary alicyclic amines) is 1. The molecule has 4 rings (SSSR count). The van der Waals surface area contributed by atoms with E-state index in [1.54, 1.807) is 11.3 Å². The number of H-pyrrole nitrogens is 1. The summed E-state index contributed by atoms with van der Waals surface area (Å²) >= 11 is 1.63. The maximum Gasteiger partial charge on any atom is 0.231 e. The van der Waals surface area contributed by atoms with E-state index in [4.69, 9.17) is 4.74 Å². The van der Waals surface area contributed by atoms with Crippen molar-refractivity contribution in [3.05, 3.63) is 46.4 Å². The fourth-order valence-electron chi connectivity index (χ4n) is 4.16. The number of aromatic amines is 1. The van der Waals surface area contributed by atoms with E-state index in [0.29, 0.717) is 45.5 Å². The molecule has 2 N–H and O–H groups in total. The third kappa shape index (κ3) is 3.80. The summed E-state index contributed by atoms with van der Waals surface area (Å²) in [4.78, 5) is 31.9. The number of nitrogens with zero attached hydrogens (tertiary/aromatic N) is 1. The second kappa shape index (κ2) is 7.86. The molecule has 0 aliphatic carbocycles. The molecule has 2 aromatic heterocycles. The lowest BCUT2D eigenvalue weighted by atomic mass is 9.75. The molecule has 2 saturated heterocycles. The zero-order valence-corrected chi connectivity index (χ0v) is 16.1. The fourth-order valence-corrected chi connectivity index (χ4v) is 4.81. The SMILES string of the molecule is O=C(CCc1ccc[nH]1)N1CC[C@H]2OCC[C@@]2(C(=O)NCc2cccs2)C1. The van der Waals surface area contributed by atoms with Crippen LogP contribution in [0.1, 0.15) is 29.8 Å². The first kappa shape index (κ1) is 18.3. The molecule has 0 spiro atoms. The third-order valence-corrected chi connectivity index (χ3v) is 6.57. The molecule has 144 valence electrons. The summed E-state index contributed by atoms with van der Waals surface area (Å²) in [6, 6.07) is 7.93. The van der Waals surface area contributed by atoms with E-state index in [0.717, 1.165) is 17.0 Å². The number of ether oxygens (including phenoxy) is 1. The number of fused-ring (bicyclic) bond motifs is 1. The van der Waals surface area contributed by atoms with Crippen LogP contribution >= 0.6 is 11.3 Å². The van der Waals surface area contributed by atoms with Gasteiger partial charge in [0.15, 0.2) is 0 Å². The van der Waals surface area contributed by atoms with Crippen molar-refractivity contribution in [2.24, 2.45) is 5.41 Å². The van der Waals surface area contributed by atoms with Crippen LogP contribution in [-0.4, -0.2) is 47.5 Å². The minimum atomic E-state index is -0.613. The number of nitrogens with one attached hydrogen (secondary N) is 2. The molecule has 2 amide bonds. The molecule has 27 heavy (non-hydrogen) atoms. The van der Waals surface area contributed by atoms with Crippen molar-refractivity contribution in [3.8, 4) is 0 Å². The predicted octanol–water partition coefficient (Wildman–Crippen LogP) is 2.33. The summed E-state index contributed by atoms with van der Waals surface area (Å²) in [7, 11) is 0. The van der Waals surface area contributed by atoms with E-state index in [2.05, 4.69) is 10.3 Å². The van der Waals surface area contributed by atoms with Crippen molar-refractivity contribution < 1.29 is 14.3 Å². The number of carbonyl (C=O) groups is 2. The summed E-state index contributed by atoms with van der Waals surface area (Å²) in [5.41, 5.74) is 0.447. The van der Waals surface area contributed by atoms with Crippen LogP contribution in [-0.2, 0) is 27.3 Å². The Bertz CT molecular complexity index is 775. The lowest BCUT2D eigenvalue weighted by molar-refractivity contribution is -0.146. The number of amides is 2. The first-order valence-corrected chi connectivity index (χ1v) is 10.4. The first-order valence-electron chi connectivity index (χ1n) is 9.50. The molecule has 2 aromatic rings. The predicted molar refractivity (Wildman–Crippen MR) is 103 cm³/mol. The Hall–Kier alpha value is -2.12. The molecule has 6 nitrogen and oxygen atoms in total. The maximum atomic E-state index is 13.1. The van der Waals surface area contributed by atoms with Gasteiger partial charge in [0.25, 0.3) is 0 Å². The van der Waals surface area contributed by atoms with Crippen LogP contribution < -0.4 is 5.32 Å². The van der Waals surface area contributed by atoms with Gasteiger partial charge in [0.05, 0.1) is 18.1 Å². The molecule has 2 aliphatic rings. The lowest BCUT2D eigenvalue weighted by Crippen LogP contribution is -2.58. The highest BCUT2D eigenvalue weighted by Gasteiger charge is 2.53. The highest BCUT2D eigenvalue weighted by molar-refractivity contribution is 7.09. The van der Waals surface area contributed by atoms with E-state index in [1.165, 1.54) is 0 Å². The van der Waals surface area contributed by atoms with Gasteiger partial charge < -0.3 is 19.9 Å². The molecule has 2 aliphatic heterocycles. The van der Waals surface area contributed by atoms with Crippen molar-refractivity contribution in [1.29, 1.82) is 0 Å². The molecule has 0 bridgehead atoms. The second-order valence-corrected chi connectivity index (χ2v) is 8.36. The standard InChI is InChI=1S/C20H25N3O3S/c24-18(6-5-15-3-1-9-21-15)23-10-7-17-20(14-23,8-11-26-17)19(25)22-13-16-4-2-12-27-16/h1-4,9,12,17,21H,5-8,10-11,13-14H2,(H,22,25)/t17-,20-/m1/s1. The molecule has 2 fully saturated rings. The molecule has 7 heteroatoms. The van der Waals surface area contributed by atoms with Gasteiger partial charge in [0, 0.05) is 42.9 Å². The zero-order chi connectivity index (χ0) is 18.7. The van der Waals surface area contributed by atoms with E-state index in [-0.39, 0.29) is 17.9 Å². The summed E-state index contributed by atoms with van der Waals surface area (Å²) < 4.78 is 5.86. The number of hydrogen-bond donors (Lipinski definition) is 2. The van der Waals surface area contributed by atoms with Gasteiger partial charge in [-0.2, -0.15) is 0 Å². The third-order valence-electron chi connectivity index (χ3n) is 5.70. The van der Waals surface area contributed by atoms with Crippen LogP contribution in [0.2, 0.25) is 0 Å². The number of hydrogen-bond acceptors (Lipinski definition) is 4. The average molecular weight is 388 g/mol. The lowest BCUT2D eigenvalue weighted by Gasteiger charge is -2.42. The Kier molecular flexibility index (Phi) is 5.31. The van der Waals surface area contributed by atoms with Gasteiger partial charge in [-0.15, -0.1) is 11.3 Å². The van der Waals surface area contributed by atoms with Crippen LogP contribution in [0.4, 0.5) is 0 Å². The Morgan fingerprint density at radius 2 is 2.30 bits per heavy atom. The number of rotatable bonds is 6. The van der Waals surface area contributed by atoms with Crippen molar-refractivity contribution >= 4 is 23.2 Å². The second-order valence-electron chi connectivity index (χ2n) is 7.33. The van der Waals surface area contributed by atoms with E-state index in [1.807, 2.05) is 40.7 Å². The van der Waals surface area contributed by atoms with E-state index < -0.39 is 5.41 Å². The van der Waals surface area contributed by atoms with Gasteiger partial charge in [-0.3, -0.25) is 9.59 Å². The number of aryl methyl sites for hydroxylation is 1. The van der Waals surface area contributed by atoms with Crippen molar-refractivity contribution in [2.45, 2.75) is 38.3 Å². The maximum absolute atomic E-state index is 13.1. The minimum absolute atomic E-state index is 0.0141. The first-order chi connectivity index (χ1) is 13.2. The monoisotopic (exact) mass is 387 g/mol. The minimum Gasteiger partial charge on any atom is -0.377 e. The van der Waals surface area contributed by atoms with Gasteiger partial charge in [0.1, 0.15) is 0 Å². The van der Waals surface area contributed by atoms with Gasteiger partial charge in [0.2, 0.25) is 11.8 Å². The topological polar surface area (TPSA) is 74.4 Å². The molecule has 0 unspecified atom stereocenters. The summed E-state index contributed by atoms with van der Waals surface area (Å²) in [5.74, 6) is 0.126. The smallest absolute Gasteiger partial charge is 0.231 e. The average Bonchev–Trinajstić information content (AvgIpc) is 3.45. The van der Waals surface area contributed by atoms with Gasteiger partial charge in [-0.25, -0.2) is 0 Å². The Morgan fingerprint density at radius 1 is 1.37 bits per heavy atom. The Balaban J connectivity index is 1.40. The summed E-state index contributed by atoms with van der Waals surface area (Å²) in [6.07, 6.45) is 4.33. The number of thiophene rings is 1. The molecule has 2 atom stereocenters. The van der Waals surface area contributed by atoms with Gasteiger partial charge >= 0.3 is 0 Å². The van der Waals surface area contributed by atoms with Crippen LogP contribution in [0.25, 0.3) is 0 Å². The molecule has 4 heterocycles. The summed E-state index contributed by atoms with van der Waals surface area (Å²) in [6.45, 7) is 2.24. The number of piperidine rings is 1. The molecular weight excluding hydrogens is 362 g/mol. The molecule has 0 radical (unpaired) electrons. The zero-order valence-electron chi connectivity index (χ0n) is 15.3. The van der Waals surface area contributed by atoms with Crippen LogP contribution in [0.15, 0.2) is 35.8 Å². The number of carbonyl (C=O) groups excluding carboxylic acids is 2. The highest BCUT2D eigenvalue weighted by Crippen LogP contribution is 2.41. The van der Waals surface area contributed by atoms with Crippen molar-refractivity contribution in [2.75, 3.05) is 19.7 Å². The van der Waals surface area contributed by atoms with Crippen LogP contribution in [0, 0.1) is 5.41 Å². The summed E-state index contributed by atoms with van der Waals surface area (Å²) in [5, 5.41) is 5.09. The highest BCUT2D eigenvalue weighted by atomic mass is 32.1. The van der Waals surface area contributed by atoms with Crippen LogP contribution in [0.3, 0.4) is 0 Å². The van der Waals surface area contributed by atoms with Crippen LogP contribution in [0.5, 0.6) is 0 Å². The Morgan fingerprint density at radius 3 is 3.07 bits per heavy atom. The quantitative estimate of drug-likeness (QED) is 0.799. The number of aromatic nitrogens is 1. The fraction of sp³-hybridized carbons (Fsp3) is 0.500. The molecule has 0 aromatic carbocycles. The van der Waals surface area contributed by atoms with Gasteiger partial charge in [-0.05, 0) is 42.8 Å². The van der Waals surface area contributed by atoms with E-state index in [9.17, 15) is 9.59 Å². The van der Waals surface area contributed by atoms with E-state index >= 15 is 0 Å². The molecule has 0 saturated carbocycles. The Labute approximate surface area is 162 Å². The largest absolute Gasteiger partial charge is 0.377 e. The normalized spacial score (nSPS) is 24.6. The molecular formula is C20H25N3O3S. The van der Waals surface area contributed by atoms with Gasteiger partial charge in [-0.1, -0.05) is 6.07 Å². The van der Waals surface area contributed by atoms with Crippen molar-refractivity contribution in [3.63, 3.8) is 0 Å².